The van der Waals surface area contributed by atoms with Gasteiger partial charge < -0.3 is 10.2 Å². The second-order valence-electron chi connectivity index (χ2n) is 8.04. The summed E-state index contributed by atoms with van der Waals surface area (Å²) in [7, 11) is -4.13. The largest absolute Gasteiger partial charge is 0.354 e. The molecular formula is C24H29N3O5S. The van der Waals surface area contributed by atoms with Gasteiger partial charge in [0.2, 0.25) is 11.8 Å². The zero-order valence-corrected chi connectivity index (χ0v) is 19.9. The van der Waals surface area contributed by atoms with E-state index in [0.29, 0.717) is 17.3 Å². The van der Waals surface area contributed by atoms with Crippen LogP contribution in [-0.2, 0) is 26.2 Å². The van der Waals surface area contributed by atoms with Crippen LogP contribution in [0.5, 0.6) is 0 Å². The van der Waals surface area contributed by atoms with Gasteiger partial charge >= 0.3 is 0 Å². The van der Waals surface area contributed by atoms with Gasteiger partial charge in [0, 0.05) is 13.1 Å². The third kappa shape index (κ3) is 5.08. The van der Waals surface area contributed by atoms with Gasteiger partial charge in [0.1, 0.15) is 17.5 Å². The van der Waals surface area contributed by atoms with Crippen molar-refractivity contribution in [2.75, 3.05) is 13.1 Å². The van der Waals surface area contributed by atoms with E-state index in [0.717, 1.165) is 17.5 Å². The number of carbonyl (C=O) groups excluding carboxylic acids is 3. The Bertz CT molecular complexity index is 1140. The van der Waals surface area contributed by atoms with Gasteiger partial charge in [-0.3, -0.25) is 14.4 Å². The molecule has 0 aliphatic carbocycles. The fourth-order valence-corrected chi connectivity index (χ4v) is 5.29. The topological polar surface area (TPSA) is 104 Å². The van der Waals surface area contributed by atoms with Crippen molar-refractivity contribution in [1.29, 1.82) is 0 Å². The smallest absolute Gasteiger partial charge is 0.269 e. The van der Waals surface area contributed by atoms with E-state index in [1.165, 1.54) is 23.1 Å². The molecule has 2 aromatic carbocycles. The van der Waals surface area contributed by atoms with Crippen LogP contribution < -0.4 is 5.32 Å². The second kappa shape index (κ2) is 10.2. The van der Waals surface area contributed by atoms with E-state index in [1.54, 1.807) is 13.0 Å². The van der Waals surface area contributed by atoms with Crippen LogP contribution in [0.2, 0.25) is 0 Å². The van der Waals surface area contributed by atoms with E-state index < -0.39 is 34.4 Å². The molecule has 1 aliphatic heterocycles. The lowest BCUT2D eigenvalue weighted by Gasteiger charge is -2.31. The van der Waals surface area contributed by atoms with Crippen LogP contribution in [0.1, 0.15) is 48.2 Å². The number of nitrogens with one attached hydrogen (secondary N) is 1. The van der Waals surface area contributed by atoms with Crippen molar-refractivity contribution >= 4 is 27.7 Å². The third-order valence-electron chi connectivity index (χ3n) is 5.60. The lowest BCUT2D eigenvalue weighted by atomic mass is 10.1. The summed E-state index contributed by atoms with van der Waals surface area (Å²) in [6.45, 7) is 5.58. The highest BCUT2D eigenvalue weighted by molar-refractivity contribution is 7.90. The normalized spacial score (nSPS) is 15.1. The van der Waals surface area contributed by atoms with Crippen LogP contribution in [-0.4, -0.2) is 54.5 Å². The number of rotatable bonds is 9. The molecular weight excluding hydrogens is 442 g/mol. The van der Waals surface area contributed by atoms with Crippen LogP contribution in [0.25, 0.3) is 0 Å². The van der Waals surface area contributed by atoms with Crippen LogP contribution in [0, 0.1) is 6.92 Å². The number of fused-ring (bicyclic) bond motifs is 1. The molecule has 0 bridgehead atoms. The lowest BCUT2D eigenvalue weighted by Crippen LogP contribution is -2.52. The van der Waals surface area contributed by atoms with Gasteiger partial charge in [0.25, 0.3) is 15.9 Å². The van der Waals surface area contributed by atoms with Crippen LogP contribution >= 0.6 is 0 Å². The first-order chi connectivity index (χ1) is 15.7. The van der Waals surface area contributed by atoms with Crippen molar-refractivity contribution in [3.8, 4) is 0 Å². The summed E-state index contributed by atoms with van der Waals surface area (Å²) >= 11 is 0. The first-order valence-corrected chi connectivity index (χ1v) is 12.4. The number of hydrogen-bond acceptors (Lipinski definition) is 5. The molecule has 1 aliphatic rings. The van der Waals surface area contributed by atoms with Crippen molar-refractivity contribution in [1.82, 2.24) is 14.5 Å². The zero-order valence-electron chi connectivity index (χ0n) is 19.1. The minimum Gasteiger partial charge on any atom is -0.354 e. The number of amides is 3. The molecule has 8 nitrogen and oxygen atoms in total. The average Bonchev–Trinajstić information content (AvgIpc) is 2.99. The monoisotopic (exact) mass is 471 g/mol. The molecule has 2 aromatic rings. The lowest BCUT2D eigenvalue weighted by molar-refractivity contribution is -0.141. The van der Waals surface area contributed by atoms with Gasteiger partial charge in [0.05, 0.1) is 5.56 Å². The Kier molecular flexibility index (Phi) is 7.53. The highest BCUT2D eigenvalue weighted by atomic mass is 32.2. The van der Waals surface area contributed by atoms with Gasteiger partial charge in [-0.1, -0.05) is 55.8 Å². The van der Waals surface area contributed by atoms with Gasteiger partial charge in [-0.2, -0.15) is 0 Å². The molecule has 9 heteroatoms. The first-order valence-electron chi connectivity index (χ1n) is 11.0. The highest BCUT2D eigenvalue weighted by Gasteiger charge is 2.43. The maximum absolute atomic E-state index is 13.4. The summed E-state index contributed by atoms with van der Waals surface area (Å²) in [5, 5.41) is 2.81. The minimum absolute atomic E-state index is 0.0446. The standard InChI is InChI=1S/C24H29N3O5S/c1-4-14-25-23(29)20(5-2)26(15-18-12-10-17(3)11-13-18)22(28)16-27-24(30)19-8-6-7-9-21(19)33(27,31)32/h6-13,20H,4-5,14-16H2,1-3H3,(H,25,29)/t20-/m1/s1. The average molecular weight is 472 g/mol. The number of nitrogens with zero attached hydrogens (tertiary/aromatic N) is 2. The number of sulfonamides is 1. The SMILES string of the molecule is CCCNC(=O)[C@@H](CC)N(Cc1ccc(C)cc1)C(=O)CN1C(=O)c2ccccc2S1(=O)=O. The van der Waals surface area contributed by atoms with Gasteiger partial charge in [-0.25, -0.2) is 12.7 Å². The maximum Gasteiger partial charge on any atom is 0.269 e. The Labute approximate surface area is 194 Å². The summed E-state index contributed by atoms with van der Waals surface area (Å²) in [5.74, 6) is -1.66. The molecule has 0 saturated heterocycles. The maximum atomic E-state index is 13.4. The van der Waals surface area contributed by atoms with E-state index >= 15 is 0 Å². The summed E-state index contributed by atoms with van der Waals surface area (Å²) in [4.78, 5) is 40.3. The van der Waals surface area contributed by atoms with Crippen LogP contribution in [0.4, 0.5) is 0 Å². The van der Waals surface area contributed by atoms with E-state index in [9.17, 15) is 22.8 Å². The van der Waals surface area contributed by atoms with E-state index in [2.05, 4.69) is 5.32 Å². The summed E-state index contributed by atoms with van der Waals surface area (Å²) in [6, 6.07) is 12.6. The fourth-order valence-electron chi connectivity index (χ4n) is 3.78. The highest BCUT2D eigenvalue weighted by Crippen LogP contribution is 2.30. The Balaban J connectivity index is 1.91. The molecule has 0 unspecified atom stereocenters. The van der Waals surface area contributed by atoms with E-state index in [1.807, 2.05) is 38.1 Å². The van der Waals surface area contributed by atoms with Crippen molar-refractivity contribution in [3.63, 3.8) is 0 Å². The van der Waals surface area contributed by atoms with Crippen molar-refractivity contribution in [2.45, 2.75) is 51.1 Å². The van der Waals surface area contributed by atoms with E-state index in [4.69, 9.17) is 0 Å². The van der Waals surface area contributed by atoms with Gasteiger partial charge in [0.15, 0.2) is 0 Å². The third-order valence-corrected chi connectivity index (χ3v) is 7.39. The van der Waals surface area contributed by atoms with Crippen molar-refractivity contribution in [3.05, 3.63) is 65.2 Å². The Morgan fingerprint density at radius 3 is 2.33 bits per heavy atom. The molecule has 1 N–H and O–H groups in total. The predicted molar refractivity (Wildman–Crippen MR) is 124 cm³/mol. The Hall–Kier alpha value is -3.20. The predicted octanol–water partition coefficient (Wildman–Crippen LogP) is 2.47. The zero-order chi connectivity index (χ0) is 24.2. The number of carbonyl (C=O) groups is 3. The number of hydrogen-bond donors (Lipinski definition) is 1. The molecule has 3 rings (SSSR count). The summed E-state index contributed by atoms with van der Waals surface area (Å²) in [6.07, 6.45) is 1.08. The molecule has 176 valence electrons. The van der Waals surface area contributed by atoms with Crippen LogP contribution in [0.3, 0.4) is 0 Å². The minimum atomic E-state index is -4.13. The van der Waals surface area contributed by atoms with Crippen molar-refractivity contribution < 1.29 is 22.8 Å². The van der Waals surface area contributed by atoms with Gasteiger partial charge in [-0.05, 0) is 37.5 Å². The molecule has 0 saturated carbocycles. The van der Waals surface area contributed by atoms with Gasteiger partial charge in [-0.15, -0.1) is 0 Å². The number of benzene rings is 2. The molecule has 33 heavy (non-hydrogen) atoms. The summed E-state index contributed by atoms with van der Waals surface area (Å²) < 4.78 is 26.4. The Morgan fingerprint density at radius 1 is 1.06 bits per heavy atom. The second-order valence-corrected chi connectivity index (χ2v) is 9.87. The Morgan fingerprint density at radius 2 is 1.73 bits per heavy atom. The van der Waals surface area contributed by atoms with Crippen LogP contribution in [0.15, 0.2) is 53.4 Å². The molecule has 0 fully saturated rings. The first kappa shape index (κ1) is 24.4. The molecule has 0 aromatic heterocycles. The van der Waals surface area contributed by atoms with Crippen molar-refractivity contribution in [2.24, 2.45) is 0 Å². The molecule has 1 heterocycles. The molecule has 3 amide bonds. The molecule has 1 atom stereocenters. The molecule has 0 spiro atoms. The quantitative estimate of drug-likeness (QED) is 0.605. The summed E-state index contributed by atoms with van der Waals surface area (Å²) in [5.41, 5.74) is 1.90. The van der Waals surface area contributed by atoms with E-state index in [-0.39, 0.29) is 22.9 Å². The molecule has 0 radical (unpaired) electrons. The fraction of sp³-hybridized carbons (Fsp3) is 0.375. The number of aryl methyl sites for hydroxylation is 1.